The van der Waals surface area contributed by atoms with Crippen molar-refractivity contribution in [2.24, 2.45) is 5.92 Å². The number of esters is 1. The molecule has 4 heteroatoms. The lowest BCUT2D eigenvalue weighted by atomic mass is 9.79. The number of aliphatic hydroxyl groups excluding tert-OH is 1. The quantitative estimate of drug-likeness (QED) is 0.349. The van der Waals surface area contributed by atoms with Crippen LogP contribution in [0.5, 0.6) is 0 Å². The van der Waals surface area contributed by atoms with Crippen LogP contribution in [-0.2, 0) is 21.7 Å². The molecule has 0 radical (unpaired) electrons. The van der Waals surface area contributed by atoms with Gasteiger partial charge in [0.2, 0.25) is 0 Å². The average molecular weight is 464 g/mol. The third-order valence-corrected chi connectivity index (χ3v) is 6.87. The molecule has 4 aromatic rings. The topological polar surface area (TPSA) is 58.6 Å². The number of fused-ring (bicyclic) bond motifs is 3. The fourth-order valence-corrected chi connectivity index (χ4v) is 5.06. The monoisotopic (exact) mass is 463 g/mol. The Balaban J connectivity index is 1.60. The van der Waals surface area contributed by atoms with Crippen LogP contribution in [0.1, 0.15) is 29.2 Å². The number of hydrogen-bond donors (Lipinski definition) is 2. The molecule has 2 atom stereocenters. The Morgan fingerprint density at radius 2 is 1.31 bits per heavy atom. The Kier molecular flexibility index (Phi) is 6.49. The molecule has 2 unspecified atom stereocenters. The lowest BCUT2D eigenvalue weighted by Gasteiger charge is -2.38. The zero-order valence-corrected chi connectivity index (χ0v) is 19.7. The minimum absolute atomic E-state index is 0.147. The molecule has 0 saturated carbocycles. The first-order chi connectivity index (χ1) is 17.1. The van der Waals surface area contributed by atoms with Crippen molar-refractivity contribution in [2.75, 3.05) is 6.61 Å². The second-order valence-electron chi connectivity index (χ2n) is 9.08. The molecule has 0 bridgehead atoms. The number of benzene rings is 4. The molecule has 4 nitrogen and oxygen atoms in total. The molecule has 35 heavy (non-hydrogen) atoms. The van der Waals surface area contributed by atoms with Crippen molar-refractivity contribution in [2.45, 2.75) is 25.1 Å². The molecule has 0 fully saturated rings. The van der Waals surface area contributed by atoms with Crippen LogP contribution in [-0.4, -0.2) is 23.7 Å². The van der Waals surface area contributed by atoms with Crippen LogP contribution in [0, 0.1) is 5.92 Å². The number of rotatable bonds is 8. The minimum atomic E-state index is -0.770. The van der Waals surface area contributed by atoms with Gasteiger partial charge in [0, 0.05) is 12.5 Å². The normalized spacial score (nSPS) is 15.0. The van der Waals surface area contributed by atoms with Crippen LogP contribution < -0.4 is 5.32 Å². The van der Waals surface area contributed by atoms with Gasteiger partial charge in [0.1, 0.15) is 12.6 Å². The van der Waals surface area contributed by atoms with Crippen LogP contribution >= 0.6 is 0 Å². The summed E-state index contributed by atoms with van der Waals surface area (Å²) in [4.78, 5) is 13.5. The van der Waals surface area contributed by atoms with E-state index in [1.165, 1.54) is 0 Å². The van der Waals surface area contributed by atoms with E-state index < -0.39 is 11.6 Å². The first-order valence-electron chi connectivity index (χ1n) is 12.0. The maximum absolute atomic E-state index is 13.5. The van der Waals surface area contributed by atoms with E-state index in [1.54, 1.807) is 0 Å². The minimum Gasteiger partial charge on any atom is -0.460 e. The Hall–Kier alpha value is -3.73. The van der Waals surface area contributed by atoms with E-state index in [0.29, 0.717) is 0 Å². The Labute approximate surface area is 206 Å². The second-order valence-corrected chi connectivity index (χ2v) is 9.08. The van der Waals surface area contributed by atoms with Crippen molar-refractivity contribution in [1.82, 2.24) is 5.32 Å². The molecule has 5 rings (SSSR count). The van der Waals surface area contributed by atoms with Gasteiger partial charge in [-0.25, -0.2) is 0 Å². The molecule has 0 saturated heterocycles. The Morgan fingerprint density at radius 1 is 0.800 bits per heavy atom. The van der Waals surface area contributed by atoms with Crippen LogP contribution in [0.3, 0.4) is 0 Å². The van der Waals surface area contributed by atoms with Crippen molar-refractivity contribution in [3.63, 3.8) is 0 Å². The fourth-order valence-electron chi connectivity index (χ4n) is 5.06. The van der Waals surface area contributed by atoms with Gasteiger partial charge in [0.05, 0.1) is 5.54 Å². The molecule has 0 aliphatic heterocycles. The summed E-state index contributed by atoms with van der Waals surface area (Å²) in [6, 6.07) is 35.7. The third kappa shape index (κ3) is 4.16. The summed E-state index contributed by atoms with van der Waals surface area (Å²) in [5.41, 5.74) is 5.61. The van der Waals surface area contributed by atoms with E-state index in [1.807, 2.05) is 79.7 Å². The molecular formula is C31H29NO3. The SMILES string of the molecule is CC(CO)C(NC1(c2ccccc2)c2ccccc2-c2ccccc21)C(=O)OCc1ccccc1. The van der Waals surface area contributed by atoms with Gasteiger partial charge in [-0.2, -0.15) is 0 Å². The molecule has 4 aromatic carbocycles. The fraction of sp³-hybridized carbons (Fsp3) is 0.194. The van der Waals surface area contributed by atoms with Gasteiger partial charge in [-0.05, 0) is 33.4 Å². The van der Waals surface area contributed by atoms with E-state index >= 15 is 0 Å². The van der Waals surface area contributed by atoms with Crippen LogP contribution in [0.25, 0.3) is 11.1 Å². The van der Waals surface area contributed by atoms with Gasteiger partial charge in [-0.1, -0.05) is 116 Å². The molecule has 176 valence electrons. The number of carbonyl (C=O) groups excluding carboxylic acids is 1. The lowest BCUT2D eigenvalue weighted by Crippen LogP contribution is -2.55. The molecule has 0 heterocycles. The summed E-state index contributed by atoms with van der Waals surface area (Å²) < 4.78 is 5.77. The molecule has 0 aromatic heterocycles. The summed E-state index contributed by atoms with van der Waals surface area (Å²) in [6.07, 6.45) is 0. The first kappa shape index (κ1) is 23.0. The second kappa shape index (κ2) is 9.87. The third-order valence-electron chi connectivity index (χ3n) is 6.87. The molecule has 2 N–H and O–H groups in total. The number of ether oxygens (including phenoxy) is 1. The highest BCUT2D eigenvalue weighted by atomic mass is 16.5. The number of nitrogens with one attached hydrogen (secondary N) is 1. The maximum atomic E-state index is 13.5. The van der Waals surface area contributed by atoms with Gasteiger partial charge in [0.25, 0.3) is 0 Å². The predicted molar refractivity (Wildman–Crippen MR) is 138 cm³/mol. The van der Waals surface area contributed by atoms with Gasteiger partial charge < -0.3 is 9.84 Å². The number of aliphatic hydroxyl groups is 1. The summed E-state index contributed by atoms with van der Waals surface area (Å²) in [7, 11) is 0. The van der Waals surface area contributed by atoms with Gasteiger partial charge in [-0.15, -0.1) is 0 Å². The van der Waals surface area contributed by atoms with Crippen LogP contribution in [0.4, 0.5) is 0 Å². The molecule has 1 aliphatic carbocycles. The lowest BCUT2D eigenvalue weighted by molar-refractivity contribution is -0.150. The average Bonchev–Trinajstić information content (AvgIpc) is 3.21. The predicted octanol–water partition coefficient (Wildman–Crippen LogP) is 5.29. The summed E-state index contributed by atoms with van der Waals surface area (Å²) in [5, 5.41) is 13.8. The summed E-state index contributed by atoms with van der Waals surface area (Å²) in [6.45, 7) is 1.90. The zero-order valence-electron chi connectivity index (χ0n) is 19.7. The molecule has 0 amide bonds. The van der Waals surface area contributed by atoms with Gasteiger partial charge in [0.15, 0.2) is 0 Å². The van der Waals surface area contributed by atoms with E-state index in [-0.39, 0.29) is 25.1 Å². The largest absolute Gasteiger partial charge is 0.460 e. The molecule has 0 spiro atoms. The van der Waals surface area contributed by atoms with Crippen molar-refractivity contribution >= 4 is 5.97 Å². The van der Waals surface area contributed by atoms with Crippen LogP contribution in [0.15, 0.2) is 109 Å². The highest BCUT2D eigenvalue weighted by Crippen LogP contribution is 2.51. The maximum Gasteiger partial charge on any atom is 0.323 e. The van der Waals surface area contributed by atoms with E-state index in [4.69, 9.17) is 4.74 Å². The highest BCUT2D eigenvalue weighted by Gasteiger charge is 2.47. The first-order valence-corrected chi connectivity index (χ1v) is 12.0. The van der Waals surface area contributed by atoms with Crippen molar-refractivity contribution in [3.8, 4) is 11.1 Å². The number of hydrogen-bond acceptors (Lipinski definition) is 4. The summed E-state index contributed by atoms with van der Waals surface area (Å²) >= 11 is 0. The molecular weight excluding hydrogens is 434 g/mol. The Bertz CT molecular complexity index is 1260. The van der Waals surface area contributed by atoms with Crippen molar-refractivity contribution in [3.05, 3.63) is 131 Å². The van der Waals surface area contributed by atoms with Crippen molar-refractivity contribution < 1.29 is 14.6 Å². The van der Waals surface area contributed by atoms with Gasteiger partial charge >= 0.3 is 5.97 Å². The van der Waals surface area contributed by atoms with E-state index in [0.717, 1.165) is 33.4 Å². The van der Waals surface area contributed by atoms with Gasteiger partial charge in [-0.3, -0.25) is 10.1 Å². The standard InChI is InChI=1S/C31H29NO3/c1-22(20-33)29(30(34)35-21-23-12-4-2-5-13-23)32-31(24-14-6-3-7-15-24)27-18-10-8-16-25(27)26-17-9-11-19-28(26)31/h2-19,22,29,32-33H,20-21H2,1H3. The van der Waals surface area contributed by atoms with E-state index in [2.05, 4.69) is 41.7 Å². The number of carbonyl (C=O) groups is 1. The summed E-state index contributed by atoms with van der Waals surface area (Å²) in [5.74, 6) is -0.744. The van der Waals surface area contributed by atoms with Crippen molar-refractivity contribution in [1.29, 1.82) is 0 Å². The Morgan fingerprint density at radius 3 is 1.89 bits per heavy atom. The highest BCUT2D eigenvalue weighted by molar-refractivity contribution is 5.84. The molecule has 1 aliphatic rings. The van der Waals surface area contributed by atoms with E-state index in [9.17, 15) is 9.90 Å². The zero-order chi connectivity index (χ0) is 24.3. The smallest absolute Gasteiger partial charge is 0.323 e. The van der Waals surface area contributed by atoms with Crippen LogP contribution in [0.2, 0.25) is 0 Å².